The molecule has 2 aromatic rings. The fourth-order valence-corrected chi connectivity index (χ4v) is 6.79. The lowest BCUT2D eigenvalue weighted by Crippen LogP contribution is -2.47. The van der Waals surface area contributed by atoms with E-state index >= 15 is 0 Å². The van der Waals surface area contributed by atoms with Crippen LogP contribution in [0.5, 0.6) is 0 Å². The molecule has 3 rings (SSSR count). The molecule has 1 heterocycles. The van der Waals surface area contributed by atoms with E-state index in [9.17, 15) is 9.59 Å². The monoisotopic (exact) mass is 593 g/mol. The third kappa shape index (κ3) is 8.03. The summed E-state index contributed by atoms with van der Waals surface area (Å²) in [5, 5.41) is 0.0691. The van der Waals surface area contributed by atoms with E-state index in [-0.39, 0.29) is 38.9 Å². The first-order chi connectivity index (χ1) is 18.2. The van der Waals surface area contributed by atoms with Gasteiger partial charge in [0.1, 0.15) is 22.2 Å². The highest BCUT2D eigenvalue weighted by atomic mass is 35.5. The molecule has 1 aromatic carbocycles. The Kier molecular flexibility index (Phi) is 10.6. The number of anilines is 1. The van der Waals surface area contributed by atoms with Crippen molar-refractivity contribution in [2.24, 2.45) is 5.92 Å². The quantitative estimate of drug-likeness (QED) is 0.168. The molecular weight excluding hydrogens is 553 g/mol. The van der Waals surface area contributed by atoms with E-state index in [2.05, 4.69) is 56.0 Å². The zero-order chi connectivity index (χ0) is 29.0. The highest BCUT2D eigenvalue weighted by Crippen LogP contribution is 2.39. The number of carbonyl (C=O) groups is 2. The molecular formula is C29H41Cl2N3O4Si. The molecule has 39 heavy (non-hydrogen) atoms. The van der Waals surface area contributed by atoms with Gasteiger partial charge in [-0.2, -0.15) is 0 Å². The minimum absolute atomic E-state index is 0.0169. The topological polar surface area (TPSA) is 81.6 Å². The molecule has 1 amide bonds. The molecule has 1 saturated carbocycles. The van der Waals surface area contributed by atoms with Gasteiger partial charge in [0.05, 0.1) is 19.8 Å². The summed E-state index contributed by atoms with van der Waals surface area (Å²) in [5.74, 6) is 0.297. The lowest BCUT2D eigenvalue weighted by molar-refractivity contribution is -0.142. The maximum Gasteiger partial charge on any atom is 0.305 e. The number of methoxy groups -OCH3 is 1. The molecule has 0 aliphatic heterocycles. The Labute approximate surface area is 243 Å². The number of halogens is 2. The molecule has 0 saturated heterocycles. The molecule has 1 aromatic heterocycles. The number of rotatable bonds is 9. The van der Waals surface area contributed by atoms with Crippen LogP contribution in [0.25, 0.3) is 0 Å². The molecule has 0 N–H and O–H groups in total. The SMILES string of the molecule is COC(=O)CC1CCC(c2ccc(N(CC(C)O[Si](C)(C)C(C)(C)C)C(=O)c3c(Cl)ncnc3Cl)cc2)CC1. The highest BCUT2D eigenvalue weighted by molar-refractivity contribution is 6.74. The van der Waals surface area contributed by atoms with Gasteiger partial charge in [-0.05, 0) is 80.3 Å². The van der Waals surface area contributed by atoms with Crippen LogP contribution in [0.3, 0.4) is 0 Å². The van der Waals surface area contributed by atoms with Crippen LogP contribution in [0.4, 0.5) is 5.69 Å². The first kappa shape index (κ1) is 31.5. The normalized spacial score (nSPS) is 18.9. The molecule has 7 nitrogen and oxygen atoms in total. The summed E-state index contributed by atoms with van der Waals surface area (Å²) in [5.41, 5.74) is 2.03. The van der Waals surface area contributed by atoms with Crippen molar-refractivity contribution in [3.63, 3.8) is 0 Å². The number of amides is 1. The Morgan fingerprint density at radius 3 is 2.13 bits per heavy atom. The van der Waals surface area contributed by atoms with Crippen LogP contribution < -0.4 is 4.90 Å². The number of aromatic nitrogens is 2. The fourth-order valence-electron chi connectivity index (χ4n) is 4.88. The predicted molar refractivity (Wildman–Crippen MR) is 159 cm³/mol. The van der Waals surface area contributed by atoms with Gasteiger partial charge in [0.2, 0.25) is 0 Å². The standard InChI is InChI=1S/C29H41Cl2N3O4Si/c1-19(38-39(6,7)29(2,3)4)17-34(28(36)25-26(30)32-18-33-27(25)31)23-14-12-22(13-15-23)21-10-8-20(9-11-21)16-24(35)37-5/h12-15,18-21H,8-11,16-17H2,1-7H3. The van der Waals surface area contributed by atoms with Crippen molar-refractivity contribution in [2.75, 3.05) is 18.6 Å². The second-order valence-corrected chi connectivity index (χ2v) is 17.5. The van der Waals surface area contributed by atoms with Crippen molar-refractivity contribution >= 4 is 49.1 Å². The third-order valence-corrected chi connectivity index (χ3v) is 13.3. The molecule has 1 unspecified atom stereocenters. The maximum absolute atomic E-state index is 13.8. The minimum Gasteiger partial charge on any atom is -0.469 e. The zero-order valence-electron chi connectivity index (χ0n) is 24.1. The molecule has 10 heteroatoms. The van der Waals surface area contributed by atoms with Crippen LogP contribution in [0.15, 0.2) is 30.6 Å². The Morgan fingerprint density at radius 1 is 1.05 bits per heavy atom. The number of ether oxygens (including phenoxy) is 1. The van der Waals surface area contributed by atoms with E-state index in [1.165, 1.54) is 19.0 Å². The molecule has 0 radical (unpaired) electrons. The lowest BCUT2D eigenvalue weighted by atomic mass is 9.77. The lowest BCUT2D eigenvalue weighted by Gasteiger charge is -2.39. The van der Waals surface area contributed by atoms with Gasteiger partial charge in [0, 0.05) is 12.1 Å². The first-order valence-corrected chi connectivity index (χ1v) is 17.2. The molecule has 1 aliphatic carbocycles. The van der Waals surface area contributed by atoms with Gasteiger partial charge >= 0.3 is 5.97 Å². The summed E-state index contributed by atoms with van der Waals surface area (Å²) in [6.45, 7) is 13.3. The van der Waals surface area contributed by atoms with Crippen molar-refractivity contribution in [2.45, 2.75) is 90.0 Å². The van der Waals surface area contributed by atoms with E-state index in [1.54, 1.807) is 4.90 Å². The Hall–Kier alpha value is -2.00. The number of benzene rings is 1. The smallest absolute Gasteiger partial charge is 0.305 e. The van der Waals surface area contributed by atoms with Gasteiger partial charge in [-0.1, -0.05) is 56.1 Å². The van der Waals surface area contributed by atoms with E-state index in [1.807, 2.05) is 19.1 Å². The van der Waals surface area contributed by atoms with Crippen LogP contribution in [0.1, 0.15) is 81.6 Å². The fraction of sp³-hybridized carbons (Fsp3) is 0.586. The third-order valence-electron chi connectivity index (χ3n) is 8.16. The second kappa shape index (κ2) is 13.1. The molecule has 1 aliphatic rings. The van der Waals surface area contributed by atoms with Crippen LogP contribution in [-0.4, -0.2) is 49.9 Å². The van der Waals surface area contributed by atoms with Crippen LogP contribution in [0.2, 0.25) is 28.4 Å². The predicted octanol–water partition coefficient (Wildman–Crippen LogP) is 7.68. The average molecular weight is 595 g/mol. The van der Waals surface area contributed by atoms with Gasteiger partial charge in [0.15, 0.2) is 8.32 Å². The summed E-state index contributed by atoms with van der Waals surface area (Å²) >= 11 is 12.6. The number of hydrogen-bond acceptors (Lipinski definition) is 6. The van der Waals surface area contributed by atoms with Crippen molar-refractivity contribution in [1.82, 2.24) is 9.97 Å². The molecule has 1 atom stereocenters. The number of hydrogen-bond donors (Lipinski definition) is 0. The summed E-state index contributed by atoms with van der Waals surface area (Å²) in [4.78, 5) is 35.1. The summed E-state index contributed by atoms with van der Waals surface area (Å²) in [6.07, 6.45) is 5.55. The number of nitrogens with zero attached hydrogens (tertiary/aromatic N) is 3. The zero-order valence-corrected chi connectivity index (χ0v) is 26.6. The van der Waals surface area contributed by atoms with Gasteiger partial charge in [-0.15, -0.1) is 0 Å². The van der Waals surface area contributed by atoms with Crippen LogP contribution in [0, 0.1) is 5.92 Å². The highest BCUT2D eigenvalue weighted by Gasteiger charge is 2.39. The Morgan fingerprint density at radius 2 is 1.62 bits per heavy atom. The first-order valence-electron chi connectivity index (χ1n) is 13.6. The van der Waals surface area contributed by atoms with E-state index < -0.39 is 8.32 Å². The molecule has 0 spiro atoms. The van der Waals surface area contributed by atoms with Crippen LogP contribution >= 0.6 is 23.2 Å². The second-order valence-electron chi connectivity index (χ2n) is 12.0. The maximum atomic E-state index is 13.8. The summed E-state index contributed by atoms with van der Waals surface area (Å²) in [6, 6.07) is 8.12. The summed E-state index contributed by atoms with van der Waals surface area (Å²) in [7, 11) is -0.625. The average Bonchev–Trinajstić information content (AvgIpc) is 2.86. The van der Waals surface area contributed by atoms with Gasteiger partial charge in [0.25, 0.3) is 5.91 Å². The van der Waals surface area contributed by atoms with E-state index in [0.717, 1.165) is 31.4 Å². The number of carbonyl (C=O) groups excluding carboxylic acids is 2. The largest absolute Gasteiger partial charge is 0.469 e. The summed E-state index contributed by atoms with van der Waals surface area (Å²) < 4.78 is 11.4. The van der Waals surface area contributed by atoms with Gasteiger partial charge in [-0.3, -0.25) is 9.59 Å². The van der Waals surface area contributed by atoms with Crippen molar-refractivity contribution in [3.8, 4) is 0 Å². The van der Waals surface area contributed by atoms with Crippen molar-refractivity contribution in [3.05, 3.63) is 52.0 Å². The minimum atomic E-state index is -2.07. The van der Waals surface area contributed by atoms with Gasteiger partial charge in [-0.25, -0.2) is 9.97 Å². The van der Waals surface area contributed by atoms with Crippen LogP contribution in [-0.2, 0) is 14.0 Å². The number of esters is 1. The molecule has 0 bridgehead atoms. The molecule has 1 fully saturated rings. The molecule has 214 valence electrons. The van der Waals surface area contributed by atoms with Crippen molar-refractivity contribution in [1.29, 1.82) is 0 Å². The Balaban J connectivity index is 1.82. The Bertz CT molecular complexity index is 1130. The van der Waals surface area contributed by atoms with Gasteiger partial charge < -0.3 is 14.1 Å². The van der Waals surface area contributed by atoms with E-state index in [0.29, 0.717) is 24.8 Å². The van der Waals surface area contributed by atoms with E-state index in [4.69, 9.17) is 32.4 Å². The van der Waals surface area contributed by atoms with Crippen molar-refractivity contribution < 1.29 is 18.8 Å².